The summed E-state index contributed by atoms with van der Waals surface area (Å²) < 4.78 is 29.0. The number of esters is 1. The molecular formula is C20H26O7S2. The largest absolute Gasteiger partial charge is 0.475 e. The van der Waals surface area contributed by atoms with E-state index < -0.39 is 21.6 Å². The molecule has 1 N–H and O–H groups in total. The molecule has 0 spiro atoms. The van der Waals surface area contributed by atoms with Crippen molar-refractivity contribution >= 4 is 29.5 Å². The lowest BCUT2D eigenvalue weighted by Gasteiger charge is -2.20. The summed E-state index contributed by atoms with van der Waals surface area (Å²) in [6.07, 6.45) is -0.328. The maximum atomic E-state index is 13.1. The van der Waals surface area contributed by atoms with Crippen molar-refractivity contribution < 1.29 is 33.6 Å². The molecular weight excluding hydrogens is 416 g/mol. The molecule has 0 aromatic heterocycles. The summed E-state index contributed by atoms with van der Waals surface area (Å²) in [4.78, 5) is 13.5. The van der Waals surface area contributed by atoms with Gasteiger partial charge in [0, 0.05) is 5.56 Å². The molecule has 0 saturated carbocycles. The van der Waals surface area contributed by atoms with Gasteiger partial charge in [0.25, 0.3) is 0 Å². The Morgan fingerprint density at radius 2 is 1.62 bits per heavy atom. The van der Waals surface area contributed by atoms with Gasteiger partial charge in [-0.15, -0.1) is 0 Å². The van der Waals surface area contributed by atoms with E-state index in [4.69, 9.17) is 23.7 Å². The molecule has 1 saturated heterocycles. The fourth-order valence-electron chi connectivity index (χ4n) is 3.56. The lowest BCUT2D eigenvalue weighted by molar-refractivity contribution is -0.142. The zero-order valence-electron chi connectivity index (χ0n) is 17.4. The Hall–Kier alpha value is -1.13. The molecule has 1 fully saturated rings. The monoisotopic (exact) mass is 442 g/mol. The second kappa shape index (κ2) is 6.95. The first kappa shape index (κ1) is 21.1. The van der Waals surface area contributed by atoms with Crippen molar-refractivity contribution in [3.8, 4) is 11.5 Å². The summed E-state index contributed by atoms with van der Waals surface area (Å²) in [5.41, 5.74) is 0.994. The number of aliphatic hydroxyl groups is 1. The minimum Gasteiger partial charge on any atom is -0.475 e. The third kappa shape index (κ3) is 3.95. The highest BCUT2D eigenvalue weighted by Gasteiger charge is 2.46. The van der Waals surface area contributed by atoms with E-state index in [1.807, 2.05) is 41.5 Å². The van der Waals surface area contributed by atoms with Gasteiger partial charge < -0.3 is 28.8 Å². The van der Waals surface area contributed by atoms with Crippen LogP contribution in [0.15, 0.2) is 9.79 Å². The van der Waals surface area contributed by atoms with Gasteiger partial charge in [0.15, 0.2) is 27.2 Å². The standard InChI is InChI=1S/C20H26O7S2/c1-18(2)24-9-10(25-18)8-23-17(22)12-13-15(28-19(3,4)26-13)11(7-21)16-14(12)27-20(5,6)29-16/h10,21H,7-9H2,1-6H3. The number of fused-ring (bicyclic) bond motifs is 2. The highest BCUT2D eigenvalue weighted by molar-refractivity contribution is 8.01. The van der Waals surface area contributed by atoms with Gasteiger partial charge in [-0.1, -0.05) is 23.5 Å². The summed E-state index contributed by atoms with van der Waals surface area (Å²) in [5, 5.41) is 10.0. The predicted octanol–water partition coefficient (Wildman–Crippen LogP) is 3.93. The molecule has 4 rings (SSSR count). The minimum absolute atomic E-state index is 0.0701. The Labute approximate surface area is 178 Å². The van der Waals surface area contributed by atoms with Crippen molar-refractivity contribution in [1.29, 1.82) is 0 Å². The number of hydrogen-bond acceptors (Lipinski definition) is 9. The Morgan fingerprint density at radius 3 is 2.07 bits per heavy atom. The summed E-state index contributed by atoms with van der Waals surface area (Å²) >= 11 is 2.96. The lowest BCUT2D eigenvalue weighted by Crippen LogP contribution is -2.26. The Morgan fingerprint density at radius 1 is 1.07 bits per heavy atom. The van der Waals surface area contributed by atoms with E-state index in [2.05, 4.69) is 0 Å². The van der Waals surface area contributed by atoms with Gasteiger partial charge in [-0.3, -0.25) is 0 Å². The second-order valence-corrected chi connectivity index (χ2v) is 11.8. The number of aliphatic hydroxyl groups excluding tert-OH is 1. The van der Waals surface area contributed by atoms with E-state index >= 15 is 0 Å². The quantitative estimate of drug-likeness (QED) is 0.697. The Balaban J connectivity index is 1.69. The maximum absolute atomic E-state index is 13.1. The van der Waals surface area contributed by atoms with Crippen molar-refractivity contribution in [2.75, 3.05) is 13.2 Å². The third-order valence-corrected chi connectivity index (χ3v) is 7.06. The highest BCUT2D eigenvalue weighted by atomic mass is 32.2. The lowest BCUT2D eigenvalue weighted by atomic mass is 10.1. The molecule has 3 aliphatic rings. The topological polar surface area (TPSA) is 83.5 Å². The van der Waals surface area contributed by atoms with Crippen LogP contribution in [0.2, 0.25) is 0 Å². The zero-order valence-corrected chi connectivity index (χ0v) is 19.0. The molecule has 1 atom stereocenters. The van der Waals surface area contributed by atoms with Crippen LogP contribution >= 0.6 is 23.5 Å². The van der Waals surface area contributed by atoms with E-state index in [0.29, 0.717) is 18.1 Å². The highest BCUT2D eigenvalue weighted by Crippen LogP contribution is 2.60. The molecule has 9 heteroatoms. The van der Waals surface area contributed by atoms with Crippen LogP contribution < -0.4 is 9.47 Å². The number of ether oxygens (including phenoxy) is 5. The minimum atomic E-state index is -0.685. The van der Waals surface area contributed by atoms with Crippen LogP contribution in [0.4, 0.5) is 0 Å². The number of carbonyl (C=O) groups is 1. The summed E-state index contributed by atoms with van der Waals surface area (Å²) in [6.45, 7) is 11.6. The van der Waals surface area contributed by atoms with Gasteiger partial charge in [0.1, 0.15) is 18.3 Å². The molecule has 0 radical (unpaired) electrons. The Kier molecular flexibility index (Phi) is 5.06. The number of rotatable bonds is 4. The molecule has 0 amide bonds. The Bertz CT molecular complexity index is 818. The van der Waals surface area contributed by atoms with Crippen LogP contribution in [0, 0.1) is 0 Å². The molecule has 1 aromatic carbocycles. The van der Waals surface area contributed by atoms with E-state index in [-0.39, 0.29) is 24.9 Å². The number of benzene rings is 1. The fourth-order valence-corrected chi connectivity index (χ4v) is 5.91. The molecule has 0 aliphatic carbocycles. The van der Waals surface area contributed by atoms with E-state index in [9.17, 15) is 9.90 Å². The molecule has 1 unspecified atom stereocenters. The predicted molar refractivity (Wildman–Crippen MR) is 109 cm³/mol. The molecule has 7 nitrogen and oxygen atoms in total. The maximum Gasteiger partial charge on any atom is 0.345 e. The third-order valence-electron chi connectivity index (χ3n) is 4.64. The van der Waals surface area contributed by atoms with E-state index in [1.54, 1.807) is 0 Å². The van der Waals surface area contributed by atoms with Crippen molar-refractivity contribution in [3.05, 3.63) is 11.1 Å². The number of thioether (sulfide) groups is 2. The first-order valence-corrected chi connectivity index (χ1v) is 11.1. The van der Waals surface area contributed by atoms with Crippen LogP contribution in [0.25, 0.3) is 0 Å². The van der Waals surface area contributed by atoms with Crippen LogP contribution in [0.5, 0.6) is 11.5 Å². The summed E-state index contributed by atoms with van der Waals surface area (Å²) in [5.74, 6) is -0.396. The van der Waals surface area contributed by atoms with Gasteiger partial charge >= 0.3 is 5.97 Å². The van der Waals surface area contributed by atoms with Crippen molar-refractivity contribution in [2.24, 2.45) is 0 Å². The average Bonchev–Trinajstić information content (AvgIpc) is 3.20. The van der Waals surface area contributed by atoms with Crippen molar-refractivity contribution in [1.82, 2.24) is 0 Å². The summed E-state index contributed by atoms with van der Waals surface area (Å²) in [7, 11) is 0. The fraction of sp³-hybridized carbons (Fsp3) is 0.650. The van der Waals surface area contributed by atoms with Gasteiger partial charge in [0.2, 0.25) is 0 Å². The van der Waals surface area contributed by atoms with Gasteiger partial charge in [0.05, 0.1) is 23.0 Å². The number of carbonyl (C=O) groups excluding carboxylic acids is 1. The summed E-state index contributed by atoms with van der Waals surface area (Å²) in [6, 6.07) is 0. The van der Waals surface area contributed by atoms with Crippen molar-refractivity contribution in [2.45, 2.75) is 79.7 Å². The van der Waals surface area contributed by atoms with Crippen LogP contribution in [0.3, 0.4) is 0 Å². The molecule has 29 heavy (non-hydrogen) atoms. The molecule has 3 heterocycles. The molecule has 0 bridgehead atoms. The van der Waals surface area contributed by atoms with Crippen LogP contribution in [-0.2, 0) is 20.8 Å². The first-order chi connectivity index (χ1) is 13.4. The van der Waals surface area contributed by atoms with Crippen LogP contribution in [-0.4, -0.2) is 46.0 Å². The number of hydrogen-bond donors (Lipinski definition) is 1. The normalized spacial score (nSPS) is 25.1. The van der Waals surface area contributed by atoms with Gasteiger partial charge in [-0.2, -0.15) is 0 Å². The molecule has 3 aliphatic heterocycles. The second-order valence-electron chi connectivity index (χ2n) is 8.59. The van der Waals surface area contributed by atoms with Gasteiger partial charge in [-0.25, -0.2) is 4.79 Å². The van der Waals surface area contributed by atoms with E-state index in [1.165, 1.54) is 23.5 Å². The smallest absolute Gasteiger partial charge is 0.345 e. The van der Waals surface area contributed by atoms with Gasteiger partial charge in [-0.05, 0) is 41.5 Å². The average molecular weight is 443 g/mol. The molecule has 160 valence electrons. The molecule has 1 aromatic rings. The van der Waals surface area contributed by atoms with E-state index in [0.717, 1.165) is 15.4 Å². The van der Waals surface area contributed by atoms with Crippen molar-refractivity contribution in [3.63, 3.8) is 0 Å². The first-order valence-electron chi connectivity index (χ1n) is 9.50. The zero-order chi connectivity index (χ0) is 21.2. The van der Waals surface area contributed by atoms with Crippen LogP contribution in [0.1, 0.15) is 57.5 Å². The SMILES string of the molecule is CC1(C)OCC(COC(=O)c2c3c(c(CO)c4c2OC(C)(C)S4)SC(C)(C)O3)O1.